The largest absolute Gasteiger partial charge is 0.367 e. The Kier molecular flexibility index (Phi) is 4.10. The fraction of sp³-hybridized carbons (Fsp3) is 0.286. The molecule has 0 aliphatic heterocycles. The predicted octanol–water partition coefficient (Wildman–Crippen LogP) is 3.87. The van der Waals surface area contributed by atoms with Crippen molar-refractivity contribution in [2.45, 2.75) is 26.3 Å². The zero-order valence-electron chi connectivity index (χ0n) is 10.6. The number of anilines is 1. The highest BCUT2D eigenvalue weighted by molar-refractivity contribution is 7.71. The third-order valence-electron chi connectivity index (χ3n) is 2.63. The number of H-pyrrole nitrogens is 1. The van der Waals surface area contributed by atoms with E-state index in [1.165, 1.54) is 5.56 Å². The Morgan fingerprint density at radius 3 is 2.67 bits per heavy atom. The zero-order valence-corrected chi connectivity index (χ0v) is 11.4. The van der Waals surface area contributed by atoms with Crippen molar-refractivity contribution in [3.63, 3.8) is 0 Å². The lowest BCUT2D eigenvalue weighted by molar-refractivity contribution is 0.771. The van der Waals surface area contributed by atoms with E-state index in [1.807, 2.05) is 24.3 Å². The Morgan fingerprint density at radius 2 is 2.00 bits per heavy atom. The molecule has 2 aromatic rings. The van der Waals surface area contributed by atoms with Gasteiger partial charge in [0.1, 0.15) is 16.3 Å². The van der Waals surface area contributed by atoms with Crippen LogP contribution in [0.1, 0.15) is 31.2 Å². The van der Waals surface area contributed by atoms with Gasteiger partial charge in [0.2, 0.25) is 0 Å². The first-order valence-corrected chi connectivity index (χ1v) is 6.45. The third kappa shape index (κ3) is 3.40. The van der Waals surface area contributed by atoms with Crippen LogP contribution in [0.2, 0.25) is 0 Å². The fourth-order valence-corrected chi connectivity index (χ4v) is 1.85. The van der Waals surface area contributed by atoms with Crippen molar-refractivity contribution < 1.29 is 0 Å². The number of benzene rings is 1. The van der Waals surface area contributed by atoms with Gasteiger partial charge in [-0.1, -0.05) is 56.4 Å². The number of hydrogen-bond acceptors (Lipinski definition) is 3. The zero-order chi connectivity index (χ0) is 13.0. The molecule has 3 nitrogen and oxygen atoms in total. The minimum Gasteiger partial charge on any atom is -0.367 e. The summed E-state index contributed by atoms with van der Waals surface area (Å²) in [6.45, 7) is 4.96. The number of nitrogens with zero attached hydrogens (tertiary/aromatic N) is 1. The van der Waals surface area contributed by atoms with E-state index < -0.39 is 0 Å². The Morgan fingerprint density at radius 1 is 1.28 bits per heavy atom. The molecule has 0 fully saturated rings. The molecule has 0 saturated heterocycles. The molecule has 94 valence electrons. The van der Waals surface area contributed by atoms with Crippen molar-refractivity contribution in [2.24, 2.45) is 0 Å². The second-order valence-corrected chi connectivity index (χ2v) is 4.93. The molecule has 0 amide bonds. The van der Waals surface area contributed by atoms with Crippen molar-refractivity contribution in [3.8, 4) is 0 Å². The highest BCUT2D eigenvalue weighted by Crippen LogP contribution is 2.13. The molecule has 0 atom stereocenters. The quantitative estimate of drug-likeness (QED) is 0.819. The van der Waals surface area contributed by atoms with Crippen LogP contribution in [0.15, 0.2) is 36.4 Å². The molecule has 1 aromatic carbocycles. The van der Waals surface area contributed by atoms with Crippen molar-refractivity contribution in [2.75, 3.05) is 5.32 Å². The maximum atomic E-state index is 5.17. The van der Waals surface area contributed by atoms with Gasteiger partial charge in [-0.25, -0.2) is 4.98 Å². The molecule has 1 aromatic heterocycles. The third-order valence-corrected chi connectivity index (χ3v) is 2.84. The van der Waals surface area contributed by atoms with Gasteiger partial charge >= 0.3 is 0 Å². The van der Waals surface area contributed by atoms with Gasteiger partial charge in [0.05, 0.1) is 0 Å². The molecule has 0 spiro atoms. The lowest BCUT2D eigenvalue weighted by atomic mass is 10.2. The summed E-state index contributed by atoms with van der Waals surface area (Å²) in [5, 5.41) is 3.33. The minimum absolute atomic E-state index is 0.338. The van der Waals surface area contributed by atoms with Crippen molar-refractivity contribution in [1.82, 2.24) is 9.97 Å². The number of hydrogen-bond donors (Lipinski definition) is 2. The predicted molar refractivity (Wildman–Crippen MR) is 77.3 cm³/mol. The Balaban J connectivity index is 2.12. The van der Waals surface area contributed by atoms with E-state index in [0.29, 0.717) is 10.6 Å². The summed E-state index contributed by atoms with van der Waals surface area (Å²) in [4.78, 5) is 7.57. The van der Waals surface area contributed by atoms with Crippen LogP contribution in [0, 0.1) is 4.64 Å². The summed E-state index contributed by atoms with van der Waals surface area (Å²) in [5.41, 5.74) is 1.24. The monoisotopic (exact) mass is 259 g/mol. The van der Waals surface area contributed by atoms with E-state index >= 15 is 0 Å². The van der Waals surface area contributed by atoms with Gasteiger partial charge in [-0.15, -0.1) is 0 Å². The van der Waals surface area contributed by atoms with E-state index in [2.05, 4.69) is 41.3 Å². The van der Waals surface area contributed by atoms with E-state index in [1.54, 1.807) is 0 Å². The standard InChI is InChI=1S/C14H17N3S/c1-10(2)14-16-12(8-13(18)17-14)15-9-11-6-4-3-5-7-11/h3-8,10H,9H2,1-2H3,(H2,15,16,17,18). The molecule has 0 saturated carbocycles. The summed E-state index contributed by atoms with van der Waals surface area (Å²) in [6, 6.07) is 12.1. The summed E-state index contributed by atoms with van der Waals surface area (Å²) in [7, 11) is 0. The number of aromatic amines is 1. The molecule has 0 unspecified atom stereocenters. The first-order chi connectivity index (χ1) is 8.65. The maximum absolute atomic E-state index is 5.17. The van der Waals surface area contributed by atoms with Crippen LogP contribution >= 0.6 is 12.2 Å². The van der Waals surface area contributed by atoms with Crippen LogP contribution in [0.4, 0.5) is 5.82 Å². The molecule has 0 aliphatic carbocycles. The Bertz CT molecular complexity index is 561. The molecule has 2 rings (SSSR count). The summed E-state index contributed by atoms with van der Waals surface area (Å²) >= 11 is 5.17. The highest BCUT2D eigenvalue weighted by Gasteiger charge is 2.03. The van der Waals surface area contributed by atoms with E-state index in [-0.39, 0.29) is 0 Å². The van der Waals surface area contributed by atoms with Crippen molar-refractivity contribution in [1.29, 1.82) is 0 Å². The summed E-state index contributed by atoms with van der Waals surface area (Å²) < 4.78 is 0.619. The Labute approximate surface area is 112 Å². The summed E-state index contributed by atoms with van der Waals surface area (Å²) in [5.74, 6) is 2.17. The van der Waals surface area contributed by atoms with Gasteiger partial charge in [-0.2, -0.15) is 0 Å². The van der Waals surface area contributed by atoms with Gasteiger partial charge in [0, 0.05) is 18.5 Å². The molecular formula is C14H17N3S. The van der Waals surface area contributed by atoms with Crippen LogP contribution < -0.4 is 5.32 Å². The lowest BCUT2D eigenvalue weighted by Crippen LogP contribution is -2.05. The number of aromatic nitrogens is 2. The summed E-state index contributed by atoms with van der Waals surface area (Å²) in [6.07, 6.45) is 0. The molecule has 4 heteroatoms. The van der Waals surface area contributed by atoms with Gasteiger partial charge < -0.3 is 10.3 Å². The van der Waals surface area contributed by atoms with Crippen LogP contribution in [-0.2, 0) is 6.54 Å². The maximum Gasteiger partial charge on any atom is 0.131 e. The first kappa shape index (κ1) is 12.8. The smallest absolute Gasteiger partial charge is 0.131 e. The first-order valence-electron chi connectivity index (χ1n) is 6.04. The van der Waals surface area contributed by atoms with E-state index in [4.69, 9.17) is 12.2 Å². The van der Waals surface area contributed by atoms with Gasteiger partial charge in [-0.3, -0.25) is 0 Å². The lowest BCUT2D eigenvalue weighted by Gasteiger charge is -2.10. The molecule has 1 heterocycles. The second kappa shape index (κ2) is 5.78. The average molecular weight is 259 g/mol. The minimum atomic E-state index is 0.338. The average Bonchev–Trinajstić information content (AvgIpc) is 2.37. The van der Waals surface area contributed by atoms with Gasteiger partial charge in [0.15, 0.2) is 0 Å². The SMILES string of the molecule is CC(C)c1nc(=S)cc(NCc2ccccc2)[nH]1. The van der Waals surface area contributed by atoms with Gasteiger partial charge in [0.25, 0.3) is 0 Å². The molecule has 0 aliphatic rings. The molecular weight excluding hydrogens is 242 g/mol. The second-order valence-electron chi connectivity index (χ2n) is 4.51. The fourth-order valence-electron chi connectivity index (χ4n) is 1.64. The normalized spacial score (nSPS) is 10.6. The number of rotatable bonds is 4. The molecule has 2 N–H and O–H groups in total. The molecule has 18 heavy (non-hydrogen) atoms. The molecule has 0 radical (unpaired) electrons. The van der Waals surface area contributed by atoms with Crippen molar-refractivity contribution >= 4 is 18.0 Å². The van der Waals surface area contributed by atoms with Crippen LogP contribution in [0.5, 0.6) is 0 Å². The van der Waals surface area contributed by atoms with Crippen LogP contribution in [0.3, 0.4) is 0 Å². The van der Waals surface area contributed by atoms with Crippen LogP contribution in [-0.4, -0.2) is 9.97 Å². The topological polar surface area (TPSA) is 40.7 Å². The van der Waals surface area contributed by atoms with Crippen LogP contribution in [0.25, 0.3) is 0 Å². The van der Waals surface area contributed by atoms with Crippen molar-refractivity contribution in [3.05, 3.63) is 52.4 Å². The highest BCUT2D eigenvalue weighted by atomic mass is 32.1. The molecule has 0 bridgehead atoms. The number of nitrogens with one attached hydrogen (secondary N) is 2. The van der Waals surface area contributed by atoms with E-state index in [0.717, 1.165) is 18.2 Å². The van der Waals surface area contributed by atoms with Gasteiger partial charge in [-0.05, 0) is 5.56 Å². The Hall–Kier alpha value is -1.68. The van der Waals surface area contributed by atoms with E-state index in [9.17, 15) is 0 Å².